The topological polar surface area (TPSA) is 46.9 Å². The zero-order valence-corrected chi connectivity index (χ0v) is 13.6. The maximum atomic E-state index is 11.9. The summed E-state index contributed by atoms with van der Waals surface area (Å²) in [5.74, 6) is 0.0815. The Hall–Kier alpha value is -2.14. The molecule has 0 unspecified atom stereocenters. The molecule has 0 aliphatic carbocycles. The van der Waals surface area contributed by atoms with Crippen LogP contribution in [0.2, 0.25) is 0 Å². The lowest BCUT2D eigenvalue weighted by Crippen LogP contribution is -2.22. The van der Waals surface area contributed by atoms with Crippen LogP contribution in [0.5, 0.6) is 0 Å². The van der Waals surface area contributed by atoms with Gasteiger partial charge in [0.1, 0.15) is 0 Å². The van der Waals surface area contributed by atoms with Gasteiger partial charge in [-0.25, -0.2) is 4.98 Å². The van der Waals surface area contributed by atoms with Crippen LogP contribution in [0.25, 0.3) is 10.9 Å². The van der Waals surface area contributed by atoms with Crippen molar-refractivity contribution in [3.63, 3.8) is 0 Å². The average Bonchev–Trinajstić information content (AvgIpc) is 3.09. The Bertz CT molecular complexity index is 803. The Morgan fingerprint density at radius 2 is 2.23 bits per heavy atom. The molecule has 0 radical (unpaired) electrons. The second-order valence-electron chi connectivity index (χ2n) is 5.44. The molecule has 1 aromatic carbocycles. The van der Waals surface area contributed by atoms with Crippen LogP contribution in [-0.4, -0.2) is 15.5 Å². The van der Waals surface area contributed by atoms with Crippen molar-refractivity contribution in [1.29, 1.82) is 0 Å². The van der Waals surface area contributed by atoms with Gasteiger partial charge in [0, 0.05) is 42.8 Å². The van der Waals surface area contributed by atoms with Gasteiger partial charge in [0.05, 0.1) is 5.01 Å². The van der Waals surface area contributed by atoms with Crippen molar-refractivity contribution in [2.24, 2.45) is 7.05 Å². The first-order valence-electron chi connectivity index (χ1n) is 7.34. The summed E-state index contributed by atoms with van der Waals surface area (Å²) in [6.07, 6.45) is 5.17. The van der Waals surface area contributed by atoms with E-state index < -0.39 is 0 Å². The second-order valence-corrected chi connectivity index (χ2v) is 6.76. The molecule has 2 aromatic heterocycles. The largest absolute Gasteiger partial charge is 0.352 e. The monoisotopic (exact) mass is 313 g/mol. The number of hydrogen-bond acceptors (Lipinski definition) is 3. The summed E-state index contributed by atoms with van der Waals surface area (Å²) >= 11 is 1.65. The number of nitrogens with zero attached hydrogens (tertiary/aromatic N) is 2. The molecule has 22 heavy (non-hydrogen) atoms. The standard InChI is InChI=1S/C17H19N3OS/c1-12-18-11-15(22-12)5-6-17(21)19-10-13-3-4-14-7-8-20(2)16(14)9-13/h3-4,7-9,11H,5-6,10H2,1-2H3,(H,19,21). The fraction of sp³-hybridized carbons (Fsp3) is 0.294. The van der Waals surface area contributed by atoms with E-state index in [4.69, 9.17) is 0 Å². The van der Waals surface area contributed by atoms with E-state index in [0.29, 0.717) is 13.0 Å². The van der Waals surface area contributed by atoms with Crippen molar-refractivity contribution in [2.45, 2.75) is 26.3 Å². The van der Waals surface area contributed by atoms with Crippen LogP contribution in [0.1, 0.15) is 21.9 Å². The highest BCUT2D eigenvalue weighted by Gasteiger charge is 2.05. The van der Waals surface area contributed by atoms with Crippen LogP contribution >= 0.6 is 11.3 Å². The fourth-order valence-electron chi connectivity index (χ4n) is 2.46. The van der Waals surface area contributed by atoms with Gasteiger partial charge in [-0.15, -0.1) is 11.3 Å². The first kappa shape index (κ1) is 14.8. The number of carbonyl (C=O) groups is 1. The zero-order valence-electron chi connectivity index (χ0n) is 12.8. The van der Waals surface area contributed by atoms with Gasteiger partial charge >= 0.3 is 0 Å². The van der Waals surface area contributed by atoms with E-state index in [2.05, 4.69) is 39.1 Å². The molecule has 0 fully saturated rings. The summed E-state index contributed by atoms with van der Waals surface area (Å²) in [6.45, 7) is 2.55. The number of rotatable bonds is 5. The van der Waals surface area contributed by atoms with Gasteiger partial charge in [-0.3, -0.25) is 4.79 Å². The summed E-state index contributed by atoms with van der Waals surface area (Å²) in [7, 11) is 2.03. The van der Waals surface area contributed by atoms with Gasteiger partial charge < -0.3 is 9.88 Å². The van der Waals surface area contributed by atoms with Gasteiger partial charge in [-0.1, -0.05) is 12.1 Å². The van der Waals surface area contributed by atoms with Crippen molar-refractivity contribution >= 4 is 28.1 Å². The average molecular weight is 313 g/mol. The van der Waals surface area contributed by atoms with E-state index in [-0.39, 0.29) is 5.91 Å². The van der Waals surface area contributed by atoms with Crippen molar-refractivity contribution in [2.75, 3.05) is 0 Å². The van der Waals surface area contributed by atoms with Gasteiger partial charge in [0.25, 0.3) is 0 Å². The molecule has 0 bridgehead atoms. The molecule has 0 saturated heterocycles. The van der Waals surface area contributed by atoms with Crippen LogP contribution in [0.3, 0.4) is 0 Å². The van der Waals surface area contributed by atoms with Gasteiger partial charge in [-0.05, 0) is 36.4 Å². The number of carbonyl (C=O) groups excluding carboxylic acids is 1. The lowest BCUT2D eigenvalue weighted by Gasteiger charge is -2.06. The molecule has 0 spiro atoms. The summed E-state index contributed by atoms with van der Waals surface area (Å²) in [4.78, 5) is 17.3. The normalized spacial score (nSPS) is 11.0. The minimum Gasteiger partial charge on any atom is -0.352 e. The molecule has 0 atom stereocenters. The molecule has 0 saturated carbocycles. The number of aromatic nitrogens is 2. The van der Waals surface area contributed by atoms with E-state index in [9.17, 15) is 4.79 Å². The highest BCUT2D eigenvalue weighted by molar-refractivity contribution is 7.11. The van der Waals surface area contributed by atoms with Crippen LogP contribution in [0, 0.1) is 6.92 Å². The molecule has 0 aliphatic rings. The Morgan fingerprint density at radius 1 is 1.36 bits per heavy atom. The van der Waals surface area contributed by atoms with Crippen molar-refractivity contribution in [1.82, 2.24) is 14.9 Å². The Balaban J connectivity index is 1.54. The first-order chi connectivity index (χ1) is 10.6. The summed E-state index contributed by atoms with van der Waals surface area (Å²) in [5.41, 5.74) is 2.31. The number of benzene rings is 1. The quantitative estimate of drug-likeness (QED) is 0.786. The number of fused-ring (bicyclic) bond motifs is 1. The fourth-order valence-corrected chi connectivity index (χ4v) is 3.26. The van der Waals surface area contributed by atoms with E-state index in [0.717, 1.165) is 21.9 Å². The Morgan fingerprint density at radius 3 is 3.00 bits per heavy atom. The summed E-state index contributed by atoms with van der Waals surface area (Å²) in [6, 6.07) is 8.38. The Kier molecular flexibility index (Phi) is 4.24. The number of amides is 1. The molecule has 1 amide bonds. The molecule has 1 N–H and O–H groups in total. The lowest BCUT2D eigenvalue weighted by atomic mass is 10.1. The predicted octanol–water partition coefficient (Wildman–Crippen LogP) is 3.19. The summed E-state index contributed by atoms with van der Waals surface area (Å²) in [5, 5.41) is 5.26. The molecular formula is C17H19N3OS. The van der Waals surface area contributed by atoms with Crippen LogP contribution in [-0.2, 0) is 24.8 Å². The number of thiazole rings is 1. The molecule has 2 heterocycles. The van der Waals surface area contributed by atoms with Crippen LogP contribution < -0.4 is 5.32 Å². The third-order valence-electron chi connectivity index (χ3n) is 3.71. The highest BCUT2D eigenvalue weighted by Crippen LogP contribution is 2.17. The van der Waals surface area contributed by atoms with Crippen molar-refractivity contribution in [3.05, 3.63) is 52.1 Å². The molecule has 3 aromatic rings. The SMILES string of the molecule is Cc1ncc(CCC(=O)NCc2ccc3ccn(C)c3c2)s1. The highest BCUT2D eigenvalue weighted by atomic mass is 32.1. The number of aryl methyl sites for hydroxylation is 3. The van der Waals surface area contributed by atoms with E-state index in [1.807, 2.05) is 26.4 Å². The summed E-state index contributed by atoms with van der Waals surface area (Å²) < 4.78 is 2.09. The van der Waals surface area contributed by atoms with E-state index >= 15 is 0 Å². The van der Waals surface area contributed by atoms with Crippen molar-refractivity contribution in [3.8, 4) is 0 Å². The van der Waals surface area contributed by atoms with Gasteiger partial charge in [-0.2, -0.15) is 0 Å². The van der Waals surface area contributed by atoms with Crippen molar-refractivity contribution < 1.29 is 4.79 Å². The molecule has 0 aliphatic heterocycles. The van der Waals surface area contributed by atoms with Crippen LogP contribution in [0.15, 0.2) is 36.7 Å². The van der Waals surface area contributed by atoms with E-state index in [1.54, 1.807) is 11.3 Å². The van der Waals surface area contributed by atoms with Gasteiger partial charge in [0.15, 0.2) is 0 Å². The third-order valence-corrected chi connectivity index (χ3v) is 4.68. The molecule has 4 nitrogen and oxygen atoms in total. The van der Waals surface area contributed by atoms with Crippen LogP contribution in [0.4, 0.5) is 0 Å². The molecule has 3 rings (SSSR count). The lowest BCUT2D eigenvalue weighted by molar-refractivity contribution is -0.121. The zero-order chi connectivity index (χ0) is 15.5. The third kappa shape index (κ3) is 3.36. The minimum absolute atomic E-state index is 0.0815. The maximum absolute atomic E-state index is 11.9. The molecule has 114 valence electrons. The maximum Gasteiger partial charge on any atom is 0.220 e. The number of nitrogens with one attached hydrogen (secondary N) is 1. The molecular weight excluding hydrogens is 294 g/mol. The van der Waals surface area contributed by atoms with E-state index in [1.165, 1.54) is 10.9 Å². The minimum atomic E-state index is 0.0815. The second kappa shape index (κ2) is 6.32. The van der Waals surface area contributed by atoms with Gasteiger partial charge in [0.2, 0.25) is 5.91 Å². The molecule has 5 heteroatoms. The number of hydrogen-bond donors (Lipinski definition) is 1. The predicted molar refractivity (Wildman–Crippen MR) is 89.9 cm³/mol. The first-order valence-corrected chi connectivity index (χ1v) is 8.15. The smallest absolute Gasteiger partial charge is 0.220 e. The Labute approximate surface area is 133 Å².